The average Bonchev–Trinajstić information content (AvgIpc) is 3.35. The highest BCUT2D eigenvalue weighted by Crippen LogP contribution is 2.33. The molecule has 0 aliphatic carbocycles. The van der Waals surface area contributed by atoms with Crippen LogP contribution in [0.2, 0.25) is 0 Å². The number of rotatable bonds is 7. The number of nitrogens with zero attached hydrogens (tertiary/aromatic N) is 4. The van der Waals surface area contributed by atoms with Gasteiger partial charge < -0.3 is 10.1 Å². The van der Waals surface area contributed by atoms with Crippen LogP contribution in [0.5, 0.6) is 11.5 Å². The van der Waals surface area contributed by atoms with Crippen LogP contribution in [-0.4, -0.2) is 25.4 Å². The second-order valence-electron chi connectivity index (χ2n) is 9.40. The monoisotopic (exact) mass is 561 g/mol. The SMILES string of the molecule is Cc1cc(C)c(C)c(Oc2cc(NC(=O)c3cnn4c(C(F)F)cc(-c5ccc(F)cc5)nc34)cc([N+](=O)[O-])c2)c1. The Balaban J connectivity index is 1.53. The zero-order chi connectivity index (χ0) is 29.4. The summed E-state index contributed by atoms with van der Waals surface area (Å²) in [6, 6.07) is 13.7. The summed E-state index contributed by atoms with van der Waals surface area (Å²) in [7, 11) is 0. The Morgan fingerprint density at radius 1 is 1.05 bits per heavy atom. The minimum Gasteiger partial charge on any atom is -0.457 e. The number of aromatic nitrogens is 3. The third-order valence-corrected chi connectivity index (χ3v) is 6.46. The number of nitro groups is 1. The van der Waals surface area contributed by atoms with Gasteiger partial charge in [0, 0.05) is 17.7 Å². The normalized spacial score (nSPS) is 11.2. The van der Waals surface area contributed by atoms with Gasteiger partial charge in [-0.15, -0.1) is 0 Å². The van der Waals surface area contributed by atoms with Gasteiger partial charge in [-0.3, -0.25) is 14.9 Å². The molecule has 41 heavy (non-hydrogen) atoms. The fourth-order valence-electron chi connectivity index (χ4n) is 4.32. The lowest BCUT2D eigenvalue weighted by Gasteiger charge is -2.13. The summed E-state index contributed by atoms with van der Waals surface area (Å²) in [5.74, 6) is -0.696. The van der Waals surface area contributed by atoms with Crippen molar-refractivity contribution in [3.63, 3.8) is 0 Å². The summed E-state index contributed by atoms with van der Waals surface area (Å²) in [5, 5.41) is 18.1. The number of ether oxygens (including phenoxy) is 1. The number of anilines is 1. The van der Waals surface area contributed by atoms with Gasteiger partial charge in [-0.1, -0.05) is 6.07 Å². The molecule has 2 heterocycles. The highest BCUT2D eigenvalue weighted by Gasteiger charge is 2.23. The predicted octanol–water partition coefficient (Wildman–Crippen LogP) is 7.35. The number of benzene rings is 3. The molecule has 0 saturated carbocycles. The number of carbonyl (C=O) groups excluding carboxylic acids is 1. The van der Waals surface area contributed by atoms with E-state index >= 15 is 0 Å². The van der Waals surface area contributed by atoms with E-state index in [-0.39, 0.29) is 34.0 Å². The fraction of sp³-hybridized carbons (Fsp3) is 0.138. The predicted molar refractivity (Wildman–Crippen MR) is 145 cm³/mol. The first-order valence-electron chi connectivity index (χ1n) is 12.3. The van der Waals surface area contributed by atoms with Crippen LogP contribution in [-0.2, 0) is 0 Å². The van der Waals surface area contributed by atoms with Crippen molar-refractivity contribution in [2.45, 2.75) is 27.2 Å². The van der Waals surface area contributed by atoms with Crippen molar-refractivity contribution in [1.29, 1.82) is 0 Å². The molecular formula is C29H22F3N5O4. The number of alkyl halides is 2. The Hall–Kier alpha value is -5.26. The molecule has 2 aromatic heterocycles. The van der Waals surface area contributed by atoms with Crippen LogP contribution in [0.25, 0.3) is 16.9 Å². The second kappa shape index (κ2) is 10.7. The smallest absolute Gasteiger partial charge is 0.280 e. The number of nitro benzene ring substituents is 1. The maximum absolute atomic E-state index is 13.9. The average molecular weight is 562 g/mol. The minimum atomic E-state index is -2.96. The molecule has 0 unspecified atom stereocenters. The summed E-state index contributed by atoms with van der Waals surface area (Å²) in [5.41, 5.74) is 2.03. The molecule has 5 rings (SSSR count). The lowest BCUT2D eigenvalue weighted by molar-refractivity contribution is -0.384. The molecule has 9 nitrogen and oxygen atoms in total. The summed E-state index contributed by atoms with van der Waals surface area (Å²) in [6.07, 6.45) is -1.88. The molecule has 12 heteroatoms. The van der Waals surface area contributed by atoms with Crippen molar-refractivity contribution >= 4 is 22.9 Å². The van der Waals surface area contributed by atoms with Crippen molar-refractivity contribution in [1.82, 2.24) is 14.6 Å². The molecule has 0 fully saturated rings. The molecule has 0 aliphatic rings. The van der Waals surface area contributed by atoms with Gasteiger partial charge in [0.1, 0.15) is 28.6 Å². The number of amides is 1. The van der Waals surface area contributed by atoms with E-state index in [0.29, 0.717) is 11.3 Å². The Labute approximate surface area is 231 Å². The van der Waals surface area contributed by atoms with E-state index in [9.17, 15) is 28.1 Å². The number of aryl methyl sites for hydroxylation is 2. The molecule has 0 saturated heterocycles. The van der Waals surface area contributed by atoms with E-state index in [2.05, 4.69) is 15.4 Å². The summed E-state index contributed by atoms with van der Waals surface area (Å²) in [6.45, 7) is 5.67. The van der Waals surface area contributed by atoms with Crippen molar-refractivity contribution in [3.8, 4) is 22.8 Å². The molecule has 1 amide bonds. The van der Waals surface area contributed by atoms with Crippen molar-refractivity contribution < 1.29 is 27.6 Å². The number of non-ortho nitro benzene ring substituents is 1. The van der Waals surface area contributed by atoms with Crippen LogP contribution in [0.4, 0.5) is 24.5 Å². The molecule has 5 aromatic rings. The molecule has 0 aliphatic heterocycles. The molecule has 3 aromatic carbocycles. The van der Waals surface area contributed by atoms with Crippen molar-refractivity contribution in [3.05, 3.63) is 111 Å². The van der Waals surface area contributed by atoms with Crippen molar-refractivity contribution in [2.75, 3.05) is 5.32 Å². The van der Waals surface area contributed by atoms with Crippen molar-refractivity contribution in [2.24, 2.45) is 0 Å². The fourth-order valence-corrected chi connectivity index (χ4v) is 4.32. The van der Waals surface area contributed by atoms with Gasteiger partial charge in [-0.25, -0.2) is 22.7 Å². The zero-order valence-corrected chi connectivity index (χ0v) is 22.0. The summed E-state index contributed by atoms with van der Waals surface area (Å²) < 4.78 is 48.0. The maximum Gasteiger partial charge on any atom is 0.280 e. The van der Waals surface area contributed by atoms with E-state index in [1.54, 1.807) is 6.07 Å². The summed E-state index contributed by atoms with van der Waals surface area (Å²) >= 11 is 0. The molecule has 208 valence electrons. The first-order valence-corrected chi connectivity index (χ1v) is 12.3. The molecule has 0 bridgehead atoms. The van der Waals surface area contributed by atoms with Crippen LogP contribution in [0.3, 0.4) is 0 Å². The lowest BCUT2D eigenvalue weighted by atomic mass is 10.1. The molecule has 0 spiro atoms. The largest absolute Gasteiger partial charge is 0.457 e. The minimum absolute atomic E-state index is 0.0318. The third kappa shape index (κ3) is 5.57. The van der Waals surface area contributed by atoms with Gasteiger partial charge >= 0.3 is 0 Å². The molecule has 0 radical (unpaired) electrons. The van der Waals surface area contributed by atoms with Gasteiger partial charge in [0.2, 0.25) is 0 Å². The maximum atomic E-state index is 13.9. The van der Waals surface area contributed by atoms with Crippen LogP contribution in [0.1, 0.15) is 39.2 Å². The topological polar surface area (TPSA) is 112 Å². The van der Waals surface area contributed by atoms with Gasteiger partial charge in [0.25, 0.3) is 18.0 Å². The lowest BCUT2D eigenvalue weighted by Crippen LogP contribution is -2.13. The van der Waals surface area contributed by atoms with Crippen LogP contribution < -0.4 is 10.1 Å². The van der Waals surface area contributed by atoms with Gasteiger partial charge in [-0.05, 0) is 73.9 Å². The number of carbonyl (C=O) groups is 1. The van der Waals surface area contributed by atoms with Crippen LogP contribution >= 0.6 is 0 Å². The Morgan fingerprint density at radius 3 is 2.46 bits per heavy atom. The van der Waals surface area contributed by atoms with E-state index in [4.69, 9.17) is 4.74 Å². The third-order valence-electron chi connectivity index (χ3n) is 6.46. The standard InChI is InChI=1S/C29H22F3N5O4/c1-15-8-16(2)17(3)26(9-15)41-22-11-20(10-21(12-22)37(39)40)34-29(38)23-14-33-36-25(27(31)32)13-24(35-28(23)36)18-4-6-19(30)7-5-18/h4-14,27H,1-3H3,(H,34,38). The number of hydrogen-bond donors (Lipinski definition) is 1. The molecule has 1 N–H and O–H groups in total. The highest BCUT2D eigenvalue weighted by molar-refractivity contribution is 6.08. The van der Waals surface area contributed by atoms with Gasteiger partial charge in [0.05, 0.1) is 28.6 Å². The summed E-state index contributed by atoms with van der Waals surface area (Å²) in [4.78, 5) is 28.7. The van der Waals surface area contributed by atoms with Crippen LogP contribution in [0.15, 0.2) is 66.9 Å². The quantitative estimate of drug-likeness (QED) is 0.164. The molecular weight excluding hydrogens is 539 g/mol. The number of nitrogens with one attached hydrogen (secondary N) is 1. The first kappa shape index (κ1) is 27.3. The highest BCUT2D eigenvalue weighted by atomic mass is 19.3. The Morgan fingerprint density at radius 2 is 1.78 bits per heavy atom. The number of fused-ring (bicyclic) bond motifs is 1. The second-order valence-corrected chi connectivity index (χ2v) is 9.40. The van der Waals surface area contributed by atoms with E-state index in [0.717, 1.165) is 51.7 Å². The van der Waals surface area contributed by atoms with Crippen LogP contribution in [0, 0.1) is 36.7 Å². The van der Waals surface area contributed by atoms with E-state index in [1.807, 2.05) is 26.8 Å². The Kier molecular flexibility index (Phi) is 7.14. The number of halogens is 3. The van der Waals surface area contributed by atoms with Gasteiger partial charge in [-0.2, -0.15) is 5.10 Å². The van der Waals surface area contributed by atoms with Gasteiger partial charge in [0.15, 0.2) is 5.65 Å². The zero-order valence-electron chi connectivity index (χ0n) is 22.0. The number of hydrogen-bond acceptors (Lipinski definition) is 6. The first-order chi connectivity index (χ1) is 19.5. The van der Waals surface area contributed by atoms with E-state index < -0.39 is 28.8 Å². The molecule has 0 atom stereocenters. The van der Waals surface area contributed by atoms with E-state index in [1.165, 1.54) is 24.3 Å². The Bertz CT molecular complexity index is 1820.